The van der Waals surface area contributed by atoms with E-state index >= 15 is 0 Å². The average Bonchev–Trinajstić information content (AvgIpc) is 2.29. The minimum absolute atomic E-state index is 0.326. The highest BCUT2D eigenvalue weighted by atomic mass is 35.5. The number of rotatable bonds is 7. The van der Waals surface area contributed by atoms with Gasteiger partial charge in [-0.3, -0.25) is 5.32 Å². The average molecular weight is 271 g/mol. The maximum atomic E-state index is 10.2. The Labute approximate surface area is 115 Å². The molecule has 0 radical (unpaired) electrons. The van der Waals surface area contributed by atoms with Gasteiger partial charge in [0.2, 0.25) is 0 Å². The topological polar surface area (TPSA) is 45.1 Å². The van der Waals surface area contributed by atoms with Crippen LogP contribution in [-0.2, 0) is 0 Å². The van der Waals surface area contributed by atoms with Crippen molar-refractivity contribution < 1.29 is 5.11 Å². The Kier molecular flexibility index (Phi) is 6.61. The largest absolute Gasteiger partial charge is 0.374 e. The van der Waals surface area contributed by atoms with E-state index < -0.39 is 6.23 Å². The van der Waals surface area contributed by atoms with E-state index in [1.54, 1.807) is 0 Å². The van der Waals surface area contributed by atoms with E-state index in [0.717, 1.165) is 31.4 Å². The summed E-state index contributed by atoms with van der Waals surface area (Å²) in [5, 5.41) is 13.8. The number of nitrogens with one attached hydrogen (secondary N) is 1. The summed E-state index contributed by atoms with van der Waals surface area (Å²) in [5.74, 6) is 0. The zero-order valence-corrected chi connectivity index (χ0v) is 12.2. The first-order valence-electron chi connectivity index (χ1n) is 6.65. The van der Waals surface area contributed by atoms with Crippen molar-refractivity contribution in [3.63, 3.8) is 0 Å². The van der Waals surface area contributed by atoms with E-state index in [2.05, 4.69) is 24.1 Å². The first-order chi connectivity index (χ1) is 8.58. The highest BCUT2D eigenvalue weighted by Gasteiger charge is 2.16. The molecule has 2 N–H and O–H groups in total. The van der Waals surface area contributed by atoms with Crippen LogP contribution in [0, 0.1) is 6.92 Å². The Bertz CT molecular complexity index is 365. The number of hydrogen-bond donors (Lipinski definition) is 2. The molecule has 0 amide bonds. The smallest absolute Gasteiger partial charge is 0.136 e. The SMILES string of the molecule is CCCC(CCC)NC(O)c1ccc(C)nc1Cl. The molecule has 1 aromatic rings. The van der Waals surface area contributed by atoms with Gasteiger partial charge in [0.15, 0.2) is 0 Å². The van der Waals surface area contributed by atoms with E-state index in [1.165, 1.54) is 0 Å². The van der Waals surface area contributed by atoms with Crippen LogP contribution in [-0.4, -0.2) is 16.1 Å². The van der Waals surface area contributed by atoms with Crippen molar-refractivity contribution in [1.82, 2.24) is 10.3 Å². The first kappa shape index (κ1) is 15.4. The van der Waals surface area contributed by atoms with E-state index in [1.807, 2.05) is 19.1 Å². The van der Waals surface area contributed by atoms with Gasteiger partial charge in [0.05, 0.1) is 0 Å². The zero-order valence-electron chi connectivity index (χ0n) is 11.4. The number of aromatic nitrogens is 1. The molecule has 0 bridgehead atoms. The van der Waals surface area contributed by atoms with Crippen molar-refractivity contribution in [3.8, 4) is 0 Å². The molecule has 3 nitrogen and oxygen atoms in total. The summed E-state index contributed by atoms with van der Waals surface area (Å²) in [4.78, 5) is 4.16. The molecule has 1 atom stereocenters. The van der Waals surface area contributed by atoms with Gasteiger partial charge >= 0.3 is 0 Å². The molecule has 1 unspecified atom stereocenters. The molecule has 0 saturated carbocycles. The third kappa shape index (κ3) is 4.56. The van der Waals surface area contributed by atoms with Gasteiger partial charge in [-0.25, -0.2) is 4.98 Å². The molecule has 0 saturated heterocycles. The van der Waals surface area contributed by atoms with Crippen LogP contribution in [0.4, 0.5) is 0 Å². The minimum Gasteiger partial charge on any atom is -0.374 e. The van der Waals surface area contributed by atoms with Crippen molar-refractivity contribution in [2.75, 3.05) is 0 Å². The second-order valence-electron chi connectivity index (χ2n) is 4.68. The molecule has 0 spiro atoms. The van der Waals surface area contributed by atoms with Crippen LogP contribution in [0.1, 0.15) is 57.0 Å². The molecular formula is C14H23ClN2O. The molecule has 4 heteroatoms. The zero-order chi connectivity index (χ0) is 13.5. The molecule has 1 aromatic heterocycles. The highest BCUT2D eigenvalue weighted by molar-refractivity contribution is 6.30. The van der Waals surface area contributed by atoms with Gasteiger partial charge in [0.25, 0.3) is 0 Å². The standard InChI is InChI=1S/C14H23ClN2O/c1-4-6-11(7-5-2)17-14(18)12-9-8-10(3)16-13(12)15/h8-9,11,14,17-18H,4-7H2,1-3H3. The number of halogens is 1. The van der Waals surface area contributed by atoms with Gasteiger partial charge in [-0.1, -0.05) is 44.4 Å². The number of aliphatic hydroxyl groups is 1. The van der Waals surface area contributed by atoms with Crippen molar-refractivity contribution in [2.45, 2.75) is 58.7 Å². The van der Waals surface area contributed by atoms with Crippen molar-refractivity contribution in [2.24, 2.45) is 0 Å². The van der Waals surface area contributed by atoms with Crippen molar-refractivity contribution in [3.05, 3.63) is 28.5 Å². The lowest BCUT2D eigenvalue weighted by Crippen LogP contribution is -2.33. The third-order valence-electron chi connectivity index (χ3n) is 2.98. The fourth-order valence-corrected chi connectivity index (χ4v) is 2.36. The quantitative estimate of drug-likeness (QED) is 0.588. The molecule has 1 heterocycles. The Morgan fingerprint density at radius 1 is 1.28 bits per heavy atom. The van der Waals surface area contributed by atoms with Gasteiger partial charge in [-0.2, -0.15) is 0 Å². The maximum absolute atomic E-state index is 10.2. The number of aryl methyl sites for hydroxylation is 1. The van der Waals surface area contributed by atoms with Crippen LogP contribution in [0.2, 0.25) is 5.15 Å². The van der Waals surface area contributed by atoms with Gasteiger partial charge in [0.1, 0.15) is 11.4 Å². The second kappa shape index (κ2) is 7.72. The predicted molar refractivity (Wildman–Crippen MR) is 75.7 cm³/mol. The predicted octanol–water partition coefficient (Wildman–Crippen LogP) is 3.59. The Balaban J connectivity index is 2.70. The van der Waals surface area contributed by atoms with Crippen LogP contribution < -0.4 is 5.32 Å². The summed E-state index contributed by atoms with van der Waals surface area (Å²) < 4.78 is 0. The molecule has 0 aliphatic heterocycles. The number of pyridine rings is 1. The maximum Gasteiger partial charge on any atom is 0.136 e. The number of aliphatic hydroxyl groups excluding tert-OH is 1. The van der Waals surface area contributed by atoms with Crippen molar-refractivity contribution >= 4 is 11.6 Å². The van der Waals surface area contributed by atoms with Gasteiger partial charge < -0.3 is 5.11 Å². The van der Waals surface area contributed by atoms with Crippen LogP contribution >= 0.6 is 11.6 Å². The van der Waals surface area contributed by atoms with Crippen LogP contribution in [0.15, 0.2) is 12.1 Å². The lowest BCUT2D eigenvalue weighted by molar-refractivity contribution is 0.118. The lowest BCUT2D eigenvalue weighted by atomic mass is 10.1. The Morgan fingerprint density at radius 2 is 1.89 bits per heavy atom. The monoisotopic (exact) mass is 270 g/mol. The van der Waals surface area contributed by atoms with Crippen LogP contribution in [0.5, 0.6) is 0 Å². The van der Waals surface area contributed by atoms with Gasteiger partial charge in [-0.05, 0) is 25.8 Å². The number of nitrogens with zero attached hydrogens (tertiary/aromatic N) is 1. The molecule has 0 aliphatic rings. The van der Waals surface area contributed by atoms with Crippen LogP contribution in [0.3, 0.4) is 0 Å². The summed E-state index contributed by atoms with van der Waals surface area (Å²) >= 11 is 6.05. The van der Waals surface area contributed by atoms with Gasteiger partial charge in [-0.15, -0.1) is 0 Å². The molecule has 102 valence electrons. The van der Waals surface area contributed by atoms with Crippen molar-refractivity contribution in [1.29, 1.82) is 0 Å². The summed E-state index contributed by atoms with van der Waals surface area (Å²) in [6.07, 6.45) is 3.58. The lowest BCUT2D eigenvalue weighted by Gasteiger charge is -2.22. The molecule has 0 fully saturated rings. The van der Waals surface area contributed by atoms with E-state index in [-0.39, 0.29) is 0 Å². The van der Waals surface area contributed by atoms with E-state index in [4.69, 9.17) is 11.6 Å². The molecule has 0 aliphatic carbocycles. The minimum atomic E-state index is -0.742. The molecule has 18 heavy (non-hydrogen) atoms. The van der Waals surface area contributed by atoms with Gasteiger partial charge in [0, 0.05) is 17.3 Å². The number of hydrogen-bond acceptors (Lipinski definition) is 3. The fraction of sp³-hybridized carbons (Fsp3) is 0.643. The van der Waals surface area contributed by atoms with Crippen LogP contribution in [0.25, 0.3) is 0 Å². The normalized spacial score (nSPS) is 13.0. The Hall–Kier alpha value is -0.640. The fourth-order valence-electron chi connectivity index (χ4n) is 2.06. The second-order valence-corrected chi connectivity index (χ2v) is 5.03. The molecular weight excluding hydrogens is 248 g/mol. The summed E-state index contributed by atoms with van der Waals surface area (Å²) in [6.45, 7) is 6.18. The van der Waals surface area contributed by atoms with E-state index in [0.29, 0.717) is 16.8 Å². The summed E-state index contributed by atoms with van der Waals surface area (Å²) in [5.41, 5.74) is 1.51. The third-order valence-corrected chi connectivity index (χ3v) is 3.28. The molecule has 0 aromatic carbocycles. The first-order valence-corrected chi connectivity index (χ1v) is 7.03. The highest BCUT2D eigenvalue weighted by Crippen LogP contribution is 2.21. The Morgan fingerprint density at radius 3 is 2.39 bits per heavy atom. The van der Waals surface area contributed by atoms with E-state index in [9.17, 15) is 5.11 Å². The summed E-state index contributed by atoms with van der Waals surface area (Å²) in [6, 6.07) is 4.02. The summed E-state index contributed by atoms with van der Waals surface area (Å²) in [7, 11) is 0. The molecule has 1 rings (SSSR count).